The quantitative estimate of drug-likeness (QED) is 0.632. The fraction of sp³-hybridized carbons (Fsp3) is 0.333. The maximum absolute atomic E-state index is 13.0. The van der Waals surface area contributed by atoms with Crippen LogP contribution >= 0.6 is 0 Å². The summed E-state index contributed by atoms with van der Waals surface area (Å²) in [5.41, 5.74) is -3.53. The summed E-state index contributed by atoms with van der Waals surface area (Å²) < 4.78 is 71.9. The molecular weight excluding hydrogens is 301 g/mol. The topological polar surface area (TPSA) is 59.3 Å². The normalized spacial score (nSPS) is 11.1. The zero-order valence-corrected chi connectivity index (χ0v) is 10.5. The number of ether oxygens (including phenoxy) is 2. The summed E-state index contributed by atoms with van der Waals surface area (Å²) >= 11 is 0. The molecule has 1 aromatic carbocycles. The van der Waals surface area contributed by atoms with E-state index < -0.39 is 41.2 Å². The highest BCUT2D eigenvalue weighted by Gasteiger charge is 2.41. The van der Waals surface area contributed by atoms with Crippen LogP contribution in [0.25, 0.3) is 0 Å². The Hall–Kier alpha value is -2.37. The number of hydrogen-bond donors (Lipinski definition) is 0. The molecule has 0 amide bonds. The van der Waals surface area contributed by atoms with E-state index in [0.29, 0.717) is 6.07 Å². The maximum Gasteiger partial charge on any atom is 0.420 e. The molecule has 9 heteroatoms. The molecule has 0 N–H and O–H groups in total. The molecule has 0 unspecified atom stereocenters. The molecule has 0 aromatic heterocycles. The van der Waals surface area contributed by atoms with Gasteiger partial charge in [-0.1, -0.05) is 0 Å². The fourth-order valence-corrected chi connectivity index (χ4v) is 1.54. The Morgan fingerprint density at radius 3 is 2.43 bits per heavy atom. The van der Waals surface area contributed by atoms with Crippen molar-refractivity contribution in [1.29, 1.82) is 5.26 Å². The largest absolute Gasteiger partial charge is 0.462 e. The fourth-order valence-electron chi connectivity index (χ4n) is 1.54. The number of nitrogens with zero attached hydrogens (tertiary/aromatic N) is 1. The van der Waals surface area contributed by atoms with Gasteiger partial charge in [0.1, 0.15) is 11.6 Å². The van der Waals surface area contributed by atoms with Gasteiger partial charge in [-0.15, -0.1) is 0 Å². The first kappa shape index (κ1) is 16.7. The molecule has 0 fully saturated rings. The zero-order chi connectivity index (χ0) is 16.2. The van der Waals surface area contributed by atoms with Crippen molar-refractivity contribution in [2.45, 2.75) is 19.7 Å². The minimum Gasteiger partial charge on any atom is -0.462 e. The lowest BCUT2D eigenvalue weighted by molar-refractivity contribution is -0.142. The minimum absolute atomic E-state index is 0.207. The van der Waals surface area contributed by atoms with Gasteiger partial charge in [-0.25, -0.2) is 4.79 Å². The molecule has 0 saturated heterocycles. The molecule has 1 rings (SSSR count). The lowest BCUT2D eigenvalue weighted by Gasteiger charge is -2.17. The van der Waals surface area contributed by atoms with Gasteiger partial charge in [0.05, 0.1) is 17.7 Å². The molecule has 114 valence electrons. The van der Waals surface area contributed by atoms with Gasteiger partial charge >= 0.3 is 18.8 Å². The smallest absolute Gasteiger partial charge is 0.420 e. The summed E-state index contributed by atoms with van der Waals surface area (Å²) in [4.78, 5) is 11.5. The Morgan fingerprint density at radius 2 is 2.00 bits per heavy atom. The molecule has 0 aliphatic rings. The molecule has 0 aliphatic carbocycles. The molecule has 0 bridgehead atoms. The highest BCUT2D eigenvalue weighted by molar-refractivity contribution is 5.92. The summed E-state index contributed by atoms with van der Waals surface area (Å²) in [5, 5.41) is 8.70. The van der Waals surface area contributed by atoms with E-state index in [-0.39, 0.29) is 6.61 Å². The van der Waals surface area contributed by atoms with E-state index in [0.717, 1.165) is 6.07 Å². The van der Waals surface area contributed by atoms with Crippen LogP contribution in [0.5, 0.6) is 5.75 Å². The van der Waals surface area contributed by atoms with Gasteiger partial charge in [-0.05, 0) is 19.1 Å². The van der Waals surface area contributed by atoms with Crippen LogP contribution in [0.4, 0.5) is 22.0 Å². The Morgan fingerprint density at radius 1 is 1.38 bits per heavy atom. The first-order valence-corrected chi connectivity index (χ1v) is 5.48. The minimum atomic E-state index is -5.18. The van der Waals surface area contributed by atoms with Crippen LogP contribution in [0.2, 0.25) is 0 Å². The molecule has 0 heterocycles. The standard InChI is InChI=1S/C12H8F5NO3/c1-2-20-10(19)7-4-3-6(5-18)9(21-11(13)14)8(7)12(15,16)17/h3-4,11H,2H2,1H3. The molecule has 0 radical (unpaired) electrons. The number of esters is 1. The summed E-state index contributed by atoms with van der Waals surface area (Å²) in [5.74, 6) is -2.75. The lowest BCUT2D eigenvalue weighted by atomic mass is 10.0. The number of carbonyl (C=O) groups excluding carboxylic acids is 1. The predicted octanol–water partition coefficient (Wildman–Crippen LogP) is 3.36. The first-order valence-electron chi connectivity index (χ1n) is 5.48. The van der Waals surface area contributed by atoms with Crippen LogP contribution < -0.4 is 4.74 Å². The number of rotatable bonds is 4. The van der Waals surface area contributed by atoms with Crippen LogP contribution in [-0.4, -0.2) is 19.2 Å². The van der Waals surface area contributed by atoms with Crippen molar-refractivity contribution in [2.24, 2.45) is 0 Å². The third-order valence-corrected chi connectivity index (χ3v) is 2.26. The second kappa shape index (κ2) is 6.39. The van der Waals surface area contributed by atoms with E-state index in [2.05, 4.69) is 9.47 Å². The highest BCUT2D eigenvalue weighted by atomic mass is 19.4. The second-order valence-electron chi connectivity index (χ2n) is 3.57. The van der Waals surface area contributed by atoms with Crippen molar-refractivity contribution >= 4 is 5.97 Å². The number of hydrogen-bond acceptors (Lipinski definition) is 4. The Labute approximate surface area is 115 Å². The van der Waals surface area contributed by atoms with Crippen LogP contribution in [-0.2, 0) is 10.9 Å². The van der Waals surface area contributed by atoms with Crippen LogP contribution in [0.1, 0.15) is 28.4 Å². The molecule has 21 heavy (non-hydrogen) atoms. The third-order valence-electron chi connectivity index (χ3n) is 2.26. The Kier molecular flexibility index (Phi) is 5.07. The lowest BCUT2D eigenvalue weighted by Crippen LogP contribution is -2.19. The second-order valence-corrected chi connectivity index (χ2v) is 3.57. The zero-order valence-electron chi connectivity index (χ0n) is 10.5. The summed E-state index contributed by atoms with van der Waals surface area (Å²) in [6.45, 7) is -2.43. The molecule has 0 atom stereocenters. The van der Waals surface area contributed by atoms with Gasteiger partial charge in [-0.3, -0.25) is 0 Å². The van der Waals surface area contributed by atoms with E-state index >= 15 is 0 Å². The van der Waals surface area contributed by atoms with Gasteiger partial charge in [-0.2, -0.15) is 27.2 Å². The molecule has 1 aromatic rings. The van der Waals surface area contributed by atoms with E-state index in [9.17, 15) is 26.7 Å². The number of benzene rings is 1. The monoisotopic (exact) mass is 309 g/mol. The number of alkyl halides is 5. The maximum atomic E-state index is 13.0. The molecule has 0 spiro atoms. The van der Waals surface area contributed by atoms with Gasteiger partial charge in [0.25, 0.3) is 0 Å². The molecule has 0 saturated carbocycles. The average Bonchev–Trinajstić information content (AvgIpc) is 2.36. The first-order chi connectivity index (χ1) is 9.72. The highest BCUT2D eigenvalue weighted by Crippen LogP contribution is 2.41. The summed E-state index contributed by atoms with van der Waals surface area (Å²) in [6, 6.07) is 2.76. The molecule has 4 nitrogen and oxygen atoms in total. The van der Waals surface area contributed by atoms with Crippen molar-refractivity contribution in [2.75, 3.05) is 6.61 Å². The SMILES string of the molecule is CCOC(=O)c1ccc(C#N)c(OC(F)F)c1C(F)(F)F. The van der Waals surface area contributed by atoms with Crippen molar-refractivity contribution in [3.63, 3.8) is 0 Å². The number of halogens is 5. The van der Waals surface area contributed by atoms with E-state index in [1.807, 2.05) is 0 Å². The molecule has 0 aliphatic heterocycles. The average molecular weight is 309 g/mol. The number of carbonyl (C=O) groups is 1. The predicted molar refractivity (Wildman–Crippen MR) is 58.7 cm³/mol. The Balaban J connectivity index is 3.61. The summed E-state index contributed by atoms with van der Waals surface area (Å²) in [7, 11) is 0. The van der Waals surface area contributed by atoms with Crippen molar-refractivity contribution < 1.29 is 36.2 Å². The van der Waals surface area contributed by atoms with Crippen LogP contribution in [0.15, 0.2) is 12.1 Å². The van der Waals surface area contributed by atoms with Crippen LogP contribution in [0, 0.1) is 11.3 Å². The van der Waals surface area contributed by atoms with E-state index in [4.69, 9.17) is 5.26 Å². The van der Waals surface area contributed by atoms with Gasteiger partial charge in [0.2, 0.25) is 0 Å². The van der Waals surface area contributed by atoms with Crippen molar-refractivity contribution in [3.8, 4) is 11.8 Å². The van der Waals surface area contributed by atoms with E-state index in [1.54, 1.807) is 0 Å². The van der Waals surface area contributed by atoms with E-state index in [1.165, 1.54) is 13.0 Å². The third kappa shape index (κ3) is 3.81. The summed E-state index contributed by atoms with van der Waals surface area (Å²) in [6.07, 6.45) is -5.18. The van der Waals surface area contributed by atoms with Gasteiger partial charge in [0.15, 0.2) is 5.75 Å². The number of nitriles is 1. The van der Waals surface area contributed by atoms with Crippen LogP contribution in [0.3, 0.4) is 0 Å². The molecular formula is C12H8F5NO3. The van der Waals surface area contributed by atoms with Crippen molar-refractivity contribution in [3.05, 3.63) is 28.8 Å². The Bertz CT molecular complexity index is 577. The van der Waals surface area contributed by atoms with Gasteiger partial charge in [0, 0.05) is 0 Å². The van der Waals surface area contributed by atoms with Crippen molar-refractivity contribution in [1.82, 2.24) is 0 Å². The van der Waals surface area contributed by atoms with Gasteiger partial charge < -0.3 is 9.47 Å².